The fourth-order valence-electron chi connectivity index (χ4n) is 2.06. The molecule has 0 heterocycles. The predicted octanol–water partition coefficient (Wildman–Crippen LogP) is 1.99. The van der Waals surface area contributed by atoms with Crippen LogP contribution in [0.1, 0.15) is 37.6 Å². The average Bonchev–Trinajstić information content (AvgIpc) is 2.52. The lowest BCUT2D eigenvalue weighted by Gasteiger charge is -2.23. The highest BCUT2D eigenvalue weighted by molar-refractivity contribution is 6.02. The lowest BCUT2D eigenvalue weighted by molar-refractivity contribution is -0.121. The Morgan fingerprint density at radius 2 is 1.87 bits per heavy atom. The van der Waals surface area contributed by atoms with Crippen LogP contribution >= 0.6 is 0 Å². The Kier molecular flexibility index (Phi) is 7.25. The van der Waals surface area contributed by atoms with Gasteiger partial charge in [0.1, 0.15) is 0 Å². The number of esters is 1. The number of carbonyl (C=O) groups is 3. The maximum Gasteiger partial charge on any atom is 0.339 e. The summed E-state index contributed by atoms with van der Waals surface area (Å²) in [4.78, 5) is 37.0. The van der Waals surface area contributed by atoms with E-state index in [9.17, 15) is 14.4 Å². The molecule has 0 aliphatic rings. The number of methoxy groups -OCH3 is 1. The normalized spacial score (nSPS) is 10.3. The van der Waals surface area contributed by atoms with E-state index < -0.39 is 5.97 Å². The first kappa shape index (κ1) is 18.7. The maximum absolute atomic E-state index is 11.9. The lowest BCUT2D eigenvalue weighted by atomic mass is 10.1. The highest BCUT2D eigenvalue weighted by atomic mass is 16.5. The second-order valence-corrected chi connectivity index (χ2v) is 5.63. The van der Waals surface area contributed by atoms with Gasteiger partial charge in [0, 0.05) is 26.4 Å². The molecule has 0 aliphatic heterocycles. The van der Waals surface area contributed by atoms with Crippen molar-refractivity contribution in [3.05, 3.63) is 29.8 Å². The van der Waals surface area contributed by atoms with Gasteiger partial charge in [-0.25, -0.2) is 4.79 Å². The summed E-state index contributed by atoms with van der Waals surface area (Å²) in [6, 6.07) is 6.69. The van der Waals surface area contributed by atoms with Crippen molar-refractivity contribution in [3.8, 4) is 0 Å². The summed E-state index contributed by atoms with van der Waals surface area (Å²) in [5.74, 6) is -0.516. The van der Waals surface area contributed by atoms with E-state index in [1.54, 1.807) is 24.3 Å². The van der Waals surface area contributed by atoms with Crippen LogP contribution in [0.25, 0.3) is 0 Å². The van der Waals surface area contributed by atoms with Crippen LogP contribution in [0.3, 0.4) is 0 Å². The van der Waals surface area contributed by atoms with Gasteiger partial charge in [-0.2, -0.15) is 0 Å². The number of anilines is 1. The molecule has 1 aromatic rings. The van der Waals surface area contributed by atoms with Crippen LogP contribution in [0.5, 0.6) is 0 Å². The molecule has 0 radical (unpaired) electrons. The van der Waals surface area contributed by atoms with Crippen LogP contribution in [0.2, 0.25) is 0 Å². The number of carbonyl (C=O) groups excluding carboxylic acids is 3. The topological polar surface area (TPSA) is 75.7 Å². The van der Waals surface area contributed by atoms with Crippen LogP contribution in [0.4, 0.5) is 5.69 Å². The fraction of sp³-hybridized carbons (Fsp3) is 0.471. The Morgan fingerprint density at radius 1 is 1.22 bits per heavy atom. The molecule has 6 heteroatoms. The monoisotopic (exact) mass is 320 g/mol. The minimum atomic E-state index is -0.517. The molecular weight excluding hydrogens is 296 g/mol. The zero-order chi connectivity index (χ0) is 17.4. The molecule has 0 unspecified atom stereocenters. The Morgan fingerprint density at radius 3 is 2.43 bits per heavy atom. The predicted molar refractivity (Wildman–Crippen MR) is 88.3 cm³/mol. The van der Waals surface area contributed by atoms with Gasteiger partial charge in [0.2, 0.25) is 11.8 Å². The minimum absolute atomic E-state index is 0.125. The number of hydrogen-bond donors (Lipinski definition) is 1. The van der Waals surface area contributed by atoms with Crippen LogP contribution in [0.15, 0.2) is 24.3 Å². The van der Waals surface area contributed by atoms with Gasteiger partial charge in [0.05, 0.1) is 18.4 Å². The van der Waals surface area contributed by atoms with Crippen LogP contribution in [-0.4, -0.2) is 38.0 Å². The zero-order valence-corrected chi connectivity index (χ0v) is 14.1. The highest BCUT2D eigenvalue weighted by Gasteiger charge is 2.20. The Balaban J connectivity index is 2.86. The molecule has 0 saturated carbocycles. The van der Waals surface area contributed by atoms with Gasteiger partial charge in [-0.05, 0) is 18.1 Å². The molecule has 1 N–H and O–H groups in total. The minimum Gasteiger partial charge on any atom is -0.465 e. The van der Waals surface area contributed by atoms with Gasteiger partial charge >= 0.3 is 5.97 Å². The number of hydrogen-bond acceptors (Lipinski definition) is 4. The van der Waals surface area contributed by atoms with Crippen molar-refractivity contribution in [1.82, 2.24) is 5.32 Å². The second-order valence-electron chi connectivity index (χ2n) is 5.63. The summed E-state index contributed by atoms with van der Waals surface area (Å²) in [6.45, 7) is 6.22. The number of rotatable bonds is 7. The average molecular weight is 320 g/mol. The highest BCUT2D eigenvalue weighted by Crippen LogP contribution is 2.21. The van der Waals surface area contributed by atoms with Crippen LogP contribution in [-0.2, 0) is 14.3 Å². The summed E-state index contributed by atoms with van der Waals surface area (Å²) in [7, 11) is 1.29. The number of nitrogens with zero attached hydrogens (tertiary/aromatic N) is 1. The van der Waals surface area contributed by atoms with Gasteiger partial charge in [-0.15, -0.1) is 0 Å². The molecule has 1 aromatic carbocycles. The molecule has 0 fully saturated rings. The Labute approximate surface area is 136 Å². The number of benzene rings is 1. The van der Waals surface area contributed by atoms with Crippen molar-refractivity contribution in [2.24, 2.45) is 5.92 Å². The number of nitrogens with one attached hydrogen (secondary N) is 1. The van der Waals surface area contributed by atoms with Crippen molar-refractivity contribution >= 4 is 23.5 Å². The lowest BCUT2D eigenvalue weighted by Crippen LogP contribution is -2.35. The molecule has 0 atom stereocenters. The molecule has 6 nitrogen and oxygen atoms in total. The van der Waals surface area contributed by atoms with Gasteiger partial charge in [0.15, 0.2) is 0 Å². The molecule has 126 valence electrons. The first-order valence-corrected chi connectivity index (χ1v) is 7.59. The Hall–Kier alpha value is -2.37. The van der Waals surface area contributed by atoms with Crippen molar-refractivity contribution in [1.29, 1.82) is 0 Å². The molecule has 2 amide bonds. The van der Waals surface area contributed by atoms with E-state index in [2.05, 4.69) is 5.32 Å². The maximum atomic E-state index is 11.9. The van der Waals surface area contributed by atoms with E-state index in [-0.39, 0.29) is 24.8 Å². The van der Waals surface area contributed by atoms with Crippen molar-refractivity contribution < 1.29 is 19.1 Å². The molecule has 23 heavy (non-hydrogen) atoms. The van der Waals surface area contributed by atoms with Gasteiger partial charge in [0.25, 0.3) is 0 Å². The standard InChI is InChI=1S/C17H24N2O4/c1-12(2)11-18-16(21)9-10-19(13(3)20)15-8-6-5-7-14(15)17(22)23-4/h5-8,12H,9-11H2,1-4H3,(H,18,21). The van der Waals surface area contributed by atoms with Crippen molar-refractivity contribution in [3.63, 3.8) is 0 Å². The third kappa shape index (κ3) is 5.73. The molecular formula is C17H24N2O4. The number of ether oxygens (including phenoxy) is 1. The third-order valence-corrected chi connectivity index (χ3v) is 3.25. The molecule has 0 saturated heterocycles. The SMILES string of the molecule is COC(=O)c1ccccc1N(CCC(=O)NCC(C)C)C(C)=O. The summed E-state index contributed by atoms with van der Waals surface area (Å²) in [5, 5.41) is 2.81. The summed E-state index contributed by atoms with van der Waals surface area (Å²) in [6.07, 6.45) is 0.168. The van der Waals surface area contributed by atoms with Gasteiger partial charge in [-0.1, -0.05) is 26.0 Å². The molecule has 0 aromatic heterocycles. The fourth-order valence-corrected chi connectivity index (χ4v) is 2.06. The molecule has 0 aliphatic carbocycles. The van der Waals surface area contributed by atoms with Gasteiger partial charge in [-0.3, -0.25) is 9.59 Å². The largest absolute Gasteiger partial charge is 0.465 e. The van der Waals surface area contributed by atoms with E-state index in [4.69, 9.17) is 4.74 Å². The molecule has 1 rings (SSSR count). The second kappa shape index (κ2) is 8.92. The van der Waals surface area contributed by atoms with E-state index >= 15 is 0 Å². The van der Waals surface area contributed by atoms with Crippen LogP contribution in [0, 0.1) is 5.92 Å². The summed E-state index contributed by atoms with van der Waals surface area (Å²) >= 11 is 0. The first-order valence-electron chi connectivity index (χ1n) is 7.59. The molecule has 0 bridgehead atoms. The summed E-state index contributed by atoms with van der Waals surface area (Å²) < 4.78 is 4.74. The van der Waals surface area contributed by atoms with Crippen molar-refractivity contribution in [2.45, 2.75) is 27.2 Å². The van der Waals surface area contributed by atoms with E-state index in [0.29, 0.717) is 23.7 Å². The van der Waals surface area contributed by atoms with E-state index in [1.807, 2.05) is 13.8 Å². The zero-order valence-electron chi connectivity index (χ0n) is 14.1. The number of para-hydroxylation sites is 1. The van der Waals surface area contributed by atoms with E-state index in [0.717, 1.165) is 0 Å². The number of amides is 2. The smallest absolute Gasteiger partial charge is 0.339 e. The summed E-state index contributed by atoms with van der Waals surface area (Å²) in [5.41, 5.74) is 0.747. The van der Waals surface area contributed by atoms with E-state index in [1.165, 1.54) is 18.9 Å². The van der Waals surface area contributed by atoms with Crippen LogP contribution < -0.4 is 10.2 Å². The first-order chi connectivity index (χ1) is 10.9. The quantitative estimate of drug-likeness (QED) is 0.780. The Bertz CT molecular complexity index is 569. The molecule has 0 spiro atoms. The third-order valence-electron chi connectivity index (χ3n) is 3.25. The van der Waals surface area contributed by atoms with Crippen molar-refractivity contribution in [2.75, 3.05) is 25.1 Å². The van der Waals surface area contributed by atoms with Gasteiger partial charge < -0.3 is 15.0 Å².